The Morgan fingerprint density at radius 2 is 1.03 bits per heavy atom. The van der Waals surface area contributed by atoms with E-state index in [0.29, 0.717) is 5.41 Å². The molecular weight excluding hydrogens is 433 g/mol. The molecule has 0 unspecified atom stereocenters. The predicted octanol–water partition coefficient (Wildman–Crippen LogP) is 7.47. The summed E-state index contributed by atoms with van der Waals surface area (Å²) < 4.78 is 7.14. The molecule has 0 atom stereocenters. The molecular formula is C23H48OSi5. The van der Waals surface area contributed by atoms with Gasteiger partial charge in [-0.15, -0.1) is 0 Å². The van der Waals surface area contributed by atoms with Crippen LogP contribution in [0.5, 0.6) is 0 Å². The molecule has 4 fully saturated rings. The Balaban J connectivity index is 1.98. The second-order valence-electron chi connectivity index (χ2n) is 15.0. The first-order valence-corrected chi connectivity index (χ1v) is 30.8. The normalized spacial score (nSPS) is 36.9. The summed E-state index contributed by atoms with van der Waals surface area (Å²) in [5.74, 6) is 4.74. The zero-order valence-corrected chi connectivity index (χ0v) is 26.4. The summed E-state index contributed by atoms with van der Waals surface area (Å²) in [4.78, 5) is 2.14. The van der Waals surface area contributed by atoms with Gasteiger partial charge in [-0.2, -0.15) is 0 Å². The van der Waals surface area contributed by atoms with Crippen LogP contribution in [0.1, 0.15) is 38.5 Å². The van der Waals surface area contributed by atoms with E-state index in [1.165, 1.54) is 19.3 Å². The third-order valence-corrected chi connectivity index (χ3v) is 87.5. The highest BCUT2D eigenvalue weighted by Gasteiger charge is 2.72. The first-order valence-electron chi connectivity index (χ1n) is 12.4. The first kappa shape index (κ1) is 22.8. The fourth-order valence-corrected chi connectivity index (χ4v) is 133. The third kappa shape index (κ3) is 3.05. The summed E-state index contributed by atoms with van der Waals surface area (Å²) >= 11 is 0. The first-order chi connectivity index (χ1) is 12.9. The average molecular weight is 481 g/mol. The summed E-state index contributed by atoms with van der Waals surface area (Å²) in [6, 6.07) is 0. The number of hydrogen-bond acceptors (Lipinski definition) is 1. The maximum atomic E-state index is 7.14. The number of allylic oxidation sites excluding steroid dienone is 1. The molecule has 5 rings (SSSR count). The summed E-state index contributed by atoms with van der Waals surface area (Å²) in [7, 11) is -5.69. The van der Waals surface area contributed by atoms with Gasteiger partial charge in [0.05, 0.1) is 12.4 Å². The van der Waals surface area contributed by atoms with Gasteiger partial charge in [0.1, 0.15) is 0 Å². The van der Waals surface area contributed by atoms with Crippen LogP contribution in [0.25, 0.3) is 0 Å². The van der Waals surface area contributed by atoms with Crippen LogP contribution in [0.3, 0.4) is 0 Å². The minimum Gasteiger partial charge on any atom is -0.543 e. The molecule has 4 bridgehead atoms. The van der Waals surface area contributed by atoms with Gasteiger partial charge in [-0.1, -0.05) is 58.9 Å². The molecule has 1 nitrogen and oxygen atoms in total. The van der Waals surface area contributed by atoms with Crippen molar-refractivity contribution in [3.05, 3.63) is 10.6 Å². The molecule has 166 valence electrons. The SMILES string of the molecule is C[Si]1(C)OC(C23CC4CC(CC(C4)C2)C3)=C1[Si]([Si](C)(C)C)([Si](C)(C)C)[Si](C)(C)C. The molecule has 1 aliphatic heterocycles. The van der Waals surface area contributed by atoms with E-state index in [4.69, 9.17) is 4.43 Å². The molecule has 0 aromatic heterocycles. The third-order valence-electron chi connectivity index (χ3n) is 9.46. The summed E-state index contributed by atoms with van der Waals surface area (Å²) in [6.07, 6.45) is 9.08. The molecule has 0 amide bonds. The highest BCUT2D eigenvalue weighted by atomic mass is 29.9. The van der Waals surface area contributed by atoms with Crippen LogP contribution >= 0.6 is 0 Å². The summed E-state index contributed by atoms with van der Waals surface area (Å²) in [5, 5.41) is 0. The lowest BCUT2D eigenvalue weighted by atomic mass is 9.49. The number of rotatable bonds is 5. The molecule has 0 aromatic carbocycles. The minimum absolute atomic E-state index is 0.476. The molecule has 4 aliphatic carbocycles. The van der Waals surface area contributed by atoms with E-state index in [-0.39, 0.29) is 0 Å². The summed E-state index contributed by atoms with van der Waals surface area (Å²) in [5.41, 5.74) is 0.476. The van der Waals surface area contributed by atoms with Crippen LogP contribution in [0.2, 0.25) is 72.0 Å². The van der Waals surface area contributed by atoms with Crippen molar-refractivity contribution in [3.8, 4) is 0 Å². The van der Waals surface area contributed by atoms with Crippen molar-refractivity contribution in [1.29, 1.82) is 0 Å². The largest absolute Gasteiger partial charge is 0.543 e. The lowest BCUT2D eigenvalue weighted by molar-refractivity contribution is -0.0518. The van der Waals surface area contributed by atoms with Crippen molar-refractivity contribution in [2.24, 2.45) is 23.2 Å². The topological polar surface area (TPSA) is 9.23 Å². The molecule has 0 aromatic rings. The molecule has 5 aliphatic rings. The van der Waals surface area contributed by atoms with Crippen molar-refractivity contribution in [2.45, 2.75) is 111 Å². The minimum atomic E-state index is -1.71. The quantitative estimate of drug-likeness (QED) is 0.371. The van der Waals surface area contributed by atoms with E-state index >= 15 is 0 Å². The fourth-order valence-electron chi connectivity index (χ4n) is 10.5. The Bertz CT molecular complexity index is 661. The standard InChI is InChI=1S/C23H48OSi5/c1-25(2,3)29(26(4,5)6,27(7,8)9)22-21(24-28(22,10)11)23-15-18-12-19(16-23)14-20(13-18)17-23/h18-20H,12-17H2,1-11H3. The van der Waals surface area contributed by atoms with E-state index in [9.17, 15) is 0 Å². The Hall–Kier alpha value is 0.624. The number of hydrogen-bond donors (Lipinski definition) is 0. The summed E-state index contributed by atoms with van der Waals surface area (Å²) in [6.45, 7) is 28.7. The lowest BCUT2D eigenvalue weighted by Crippen LogP contribution is -2.87. The van der Waals surface area contributed by atoms with E-state index in [1.807, 2.05) is 0 Å². The van der Waals surface area contributed by atoms with Gasteiger partial charge >= 0.3 is 0 Å². The van der Waals surface area contributed by atoms with Crippen molar-refractivity contribution >= 4 is 37.7 Å². The molecule has 0 saturated heterocycles. The van der Waals surface area contributed by atoms with Crippen LogP contribution in [-0.2, 0) is 4.43 Å². The van der Waals surface area contributed by atoms with Crippen molar-refractivity contribution in [3.63, 3.8) is 0 Å². The van der Waals surface area contributed by atoms with Gasteiger partial charge in [-0.3, -0.25) is 0 Å². The van der Waals surface area contributed by atoms with Crippen molar-refractivity contribution < 1.29 is 4.43 Å². The van der Waals surface area contributed by atoms with Crippen molar-refractivity contribution in [1.82, 2.24) is 0 Å². The maximum Gasteiger partial charge on any atom is 0.271 e. The lowest BCUT2D eigenvalue weighted by Gasteiger charge is -2.67. The van der Waals surface area contributed by atoms with Crippen LogP contribution in [0.4, 0.5) is 0 Å². The van der Waals surface area contributed by atoms with E-state index in [0.717, 1.165) is 17.8 Å². The molecule has 0 N–H and O–H groups in total. The Morgan fingerprint density at radius 1 is 0.690 bits per heavy atom. The van der Waals surface area contributed by atoms with Gasteiger partial charge in [0.2, 0.25) is 0 Å². The highest BCUT2D eigenvalue weighted by Crippen LogP contribution is 2.67. The zero-order chi connectivity index (χ0) is 21.8. The molecule has 6 heteroatoms. The van der Waals surface area contributed by atoms with E-state index in [1.54, 1.807) is 25.0 Å². The fraction of sp³-hybridized carbons (Fsp3) is 0.913. The van der Waals surface area contributed by atoms with Crippen LogP contribution in [-0.4, -0.2) is 37.7 Å². The monoisotopic (exact) mass is 480 g/mol. The molecule has 1 heterocycles. The zero-order valence-electron chi connectivity index (χ0n) is 21.4. The van der Waals surface area contributed by atoms with Gasteiger partial charge in [0, 0.05) is 28.2 Å². The second kappa shape index (κ2) is 6.36. The van der Waals surface area contributed by atoms with Crippen molar-refractivity contribution in [2.75, 3.05) is 0 Å². The predicted molar refractivity (Wildman–Crippen MR) is 142 cm³/mol. The smallest absolute Gasteiger partial charge is 0.271 e. The molecule has 4 saturated carbocycles. The highest BCUT2D eigenvalue weighted by molar-refractivity contribution is 7.92. The average Bonchev–Trinajstić information content (AvgIpc) is 2.45. The molecule has 0 radical (unpaired) electrons. The van der Waals surface area contributed by atoms with Gasteiger partial charge in [-0.05, 0) is 74.2 Å². The second-order valence-corrected chi connectivity index (χ2v) is 59.5. The van der Waals surface area contributed by atoms with Crippen LogP contribution in [0.15, 0.2) is 10.6 Å². The Kier molecular flexibility index (Phi) is 5.00. The van der Waals surface area contributed by atoms with Gasteiger partial charge in [-0.25, -0.2) is 0 Å². The van der Waals surface area contributed by atoms with Gasteiger partial charge < -0.3 is 4.43 Å². The maximum absolute atomic E-state index is 7.14. The van der Waals surface area contributed by atoms with Crippen LogP contribution < -0.4 is 0 Å². The molecule has 0 spiro atoms. The molecule has 29 heavy (non-hydrogen) atoms. The van der Waals surface area contributed by atoms with Crippen LogP contribution in [0, 0.1) is 23.2 Å². The van der Waals surface area contributed by atoms with Gasteiger partial charge in [0.25, 0.3) is 8.32 Å². The van der Waals surface area contributed by atoms with E-state index in [2.05, 4.69) is 76.8 Å². The van der Waals surface area contributed by atoms with E-state index < -0.39 is 37.7 Å². The van der Waals surface area contributed by atoms with Gasteiger partial charge in [0.15, 0.2) is 0 Å². The Labute approximate surface area is 186 Å². The Morgan fingerprint density at radius 3 is 1.31 bits per heavy atom.